The lowest BCUT2D eigenvalue weighted by Crippen LogP contribution is -2.51. The summed E-state index contributed by atoms with van der Waals surface area (Å²) in [5.41, 5.74) is 2.82. The molecule has 0 radical (unpaired) electrons. The van der Waals surface area contributed by atoms with Crippen LogP contribution in [-0.4, -0.2) is 125 Å². The molecule has 3 aromatic rings. The van der Waals surface area contributed by atoms with E-state index in [1.165, 1.54) is 19.8 Å². The Morgan fingerprint density at radius 1 is 0.686 bits per heavy atom. The Labute approximate surface area is 302 Å². The van der Waals surface area contributed by atoms with Crippen LogP contribution in [-0.2, 0) is 46.9 Å². The smallest absolute Gasteiger partial charge is 0.356 e. The number of rotatable bonds is 11. The van der Waals surface area contributed by atoms with Gasteiger partial charge in [-0.15, -0.1) is 0 Å². The molecule has 0 bridgehead atoms. The van der Waals surface area contributed by atoms with E-state index in [-0.39, 0.29) is 11.4 Å². The van der Waals surface area contributed by atoms with Crippen LogP contribution in [0, 0.1) is 0 Å². The van der Waals surface area contributed by atoms with Crippen LogP contribution < -0.4 is 0 Å². The molecule has 12 heteroatoms. The predicted octanol–water partition coefficient (Wildman–Crippen LogP) is 4.56. The van der Waals surface area contributed by atoms with Crippen molar-refractivity contribution in [2.75, 3.05) is 93.3 Å². The van der Waals surface area contributed by atoms with E-state index >= 15 is 0 Å². The van der Waals surface area contributed by atoms with E-state index in [1.807, 2.05) is 30.3 Å². The molecule has 0 spiro atoms. The molecule has 1 fully saturated rings. The molecule has 3 heterocycles. The van der Waals surface area contributed by atoms with E-state index < -0.39 is 17.5 Å². The maximum atomic E-state index is 12.6. The third kappa shape index (κ3) is 12.7. The zero-order chi connectivity index (χ0) is 36.2. The van der Waals surface area contributed by atoms with Gasteiger partial charge >= 0.3 is 11.9 Å². The first-order chi connectivity index (χ1) is 25.0. The molecule has 1 aliphatic rings. The number of aromatic nitrogens is 2. The van der Waals surface area contributed by atoms with Crippen molar-refractivity contribution in [1.29, 1.82) is 0 Å². The third-order valence-corrected chi connectivity index (χ3v) is 8.95. The highest BCUT2D eigenvalue weighted by molar-refractivity contribution is 5.87. The van der Waals surface area contributed by atoms with Crippen molar-refractivity contribution in [3.05, 3.63) is 95.1 Å². The van der Waals surface area contributed by atoms with Gasteiger partial charge in [0.15, 0.2) is 0 Å². The largest absolute Gasteiger partial charge is 0.464 e. The van der Waals surface area contributed by atoms with Crippen LogP contribution in [0.2, 0.25) is 0 Å². The minimum atomic E-state index is -0.531. The van der Waals surface area contributed by atoms with Gasteiger partial charge < -0.3 is 28.4 Å². The van der Waals surface area contributed by atoms with Gasteiger partial charge in [-0.2, -0.15) is 0 Å². The third-order valence-electron chi connectivity index (χ3n) is 8.95. The summed E-state index contributed by atoms with van der Waals surface area (Å²) in [6.07, 6.45) is 3.52. The molecule has 51 heavy (non-hydrogen) atoms. The van der Waals surface area contributed by atoms with Crippen molar-refractivity contribution in [1.82, 2.24) is 19.8 Å². The number of methoxy groups -OCH3 is 2. The number of nitrogens with zero attached hydrogens (tertiary/aromatic N) is 4. The Hall–Kier alpha value is -3.78. The molecule has 1 saturated heterocycles. The van der Waals surface area contributed by atoms with Gasteiger partial charge in [0, 0.05) is 32.7 Å². The molecule has 0 amide bonds. The number of hydrogen-bond acceptors (Lipinski definition) is 12. The van der Waals surface area contributed by atoms with Crippen molar-refractivity contribution in [3.63, 3.8) is 0 Å². The fourth-order valence-corrected chi connectivity index (χ4v) is 6.26. The molecule has 2 aromatic heterocycles. The molecule has 1 aliphatic heterocycles. The van der Waals surface area contributed by atoms with Gasteiger partial charge in [-0.1, -0.05) is 62.2 Å². The second-order valence-electron chi connectivity index (χ2n) is 12.4. The zero-order valence-corrected chi connectivity index (χ0v) is 30.4. The molecular formula is C39H54N4O8. The van der Waals surface area contributed by atoms with Gasteiger partial charge in [-0.3, -0.25) is 9.80 Å². The van der Waals surface area contributed by atoms with Crippen LogP contribution in [0.3, 0.4) is 0 Å². The Morgan fingerprint density at radius 2 is 1.24 bits per heavy atom. The molecule has 1 atom stereocenters. The van der Waals surface area contributed by atoms with Crippen LogP contribution in [0.25, 0.3) is 0 Å². The Morgan fingerprint density at radius 3 is 1.80 bits per heavy atom. The highest BCUT2D eigenvalue weighted by Crippen LogP contribution is 2.37. The number of carbonyl (C=O) groups excluding carboxylic acids is 2. The molecule has 1 aromatic carbocycles. The van der Waals surface area contributed by atoms with E-state index in [9.17, 15) is 9.59 Å². The van der Waals surface area contributed by atoms with Gasteiger partial charge in [0.2, 0.25) is 0 Å². The van der Waals surface area contributed by atoms with Gasteiger partial charge in [-0.25, -0.2) is 19.6 Å². The number of ether oxygens (including phenoxy) is 6. The maximum absolute atomic E-state index is 12.6. The standard InChI is InChI=1S/C39H54N4O8/c1-4-5-17-39(30-32-11-7-6-8-12-32,36-16-10-15-35(41-36)38(45)47-3)43-20-24-50-28-26-48-22-18-42(19-23-49-27-29-51-25-21-43)31-33-13-9-14-34(40-33)37(44)46-2/h6-16H,4-5,17-31H2,1-3H3. The van der Waals surface area contributed by atoms with E-state index in [1.54, 1.807) is 12.1 Å². The first-order valence-electron chi connectivity index (χ1n) is 17.9. The van der Waals surface area contributed by atoms with Gasteiger partial charge in [0.1, 0.15) is 11.4 Å². The first-order valence-corrected chi connectivity index (χ1v) is 17.9. The lowest BCUT2D eigenvalue weighted by Gasteiger charge is -2.44. The Balaban J connectivity index is 1.48. The van der Waals surface area contributed by atoms with Crippen molar-refractivity contribution in [3.8, 4) is 0 Å². The zero-order valence-electron chi connectivity index (χ0n) is 30.4. The van der Waals surface area contributed by atoms with Crippen molar-refractivity contribution in [2.24, 2.45) is 0 Å². The summed E-state index contributed by atoms with van der Waals surface area (Å²) in [5.74, 6) is -0.918. The highest BCUT2D eigenvalue weighted by atomic mass is 16.5. The fraction of sp³-hybridized carbons (Fsp3) is 0.538. The van der Waals surface area contributed by atoms with Crippen LogP contribution in [0.4, 0.5) is 0 Å². The summed E-state index contributed by atoms with van der Waals surface area (Å²) in [5, 5.41) is 0. The summed E-state index contributed by atoms with van der Waals surface area (Å²) >= 11 is 0. The quantitative estimate of drug-likeness (QED) is 0.260. The van der Waals surface area contributed by atoms with Gasteiger partial charge in [0.25, 0.3) is 0 Å². The van der Waals surface area contributed by atoms with Crippen molar-refractivity contribution >= 4 is 11.9 Å². The molecule has 0 aliphatic carbocycles. The molecule has 0 saturated carbocycles. The van der Waals surface area contributed by atoms with Crippen LogP contribution in [0.5, 0.6) is 0 Å². The minimum absolute atomic E-state index is 0.283. The van der Waals surface area contributed by atoms with Crippen LogP contribution in [0.15, 0.2) is 66.7 Å². The molecule has 1 unspecified atom stereocenters. The average molecular weight is 707 g/mol. The summed E-state index contributed by atoms with van der Waals surface area (Å²) < 4.78 is 34.1. The summed E-state index contributed by atoms with van der Waals surface area (Å²) in [4.78, 5) is 38.6. The van der Waals surface area contributed by atoms with Crippen molar-refractivity contribution in [2.45, 2.75) is 44.7 Å². The predicted molar refractivity (Wildman–Crippen MR) is 193 cm³/mol. The molecule has 0 N–H and O–H groups in total. The normalized spacial score (nSPS) is 17.8. The molecule has 12 nitrogen and oxygen atoms in total. The second-order valence-corrected chi connectivity index (χ2v) is 12.4. The lowest BCUT2D eigenvalue weighted by atomic mass is 9.80. The number of pyridine rings is 2. The van der Waals surface area contributed by atoms with Crippen LogP contribution in [0.1, 0.15) is 64.1 Å². The topological polar surface area (TPSA) is 122 Å². The SMILES string of the molecule is CCCCC(Cc1ccccc1)(c1cccc(C(=O)OC)n1)N1CCOCCOCCN(Cc2cccc(C(=O)OC)n2)CCOCCOCC1. The van der Waals surface area contributed by atoms with E-state index in [0.717, 1.165) is 30.7 Å². The minimum Gasteiger partial charge on any atom is -0.464 e. The Bertz CT molecular complexity index is 1440. The van der Waals surface area contributed by atoms with E-state index in [4.69, 9.17) is 33.4 Å². The lowest BCUT2D eigenvalue weighted by molar-refractivity contribution is -0.0200. The number of esters is 2. The van der Waals surface area contributed by atoms with Crippen molar-refractivity contribution < 1.29 is 38.0 Å². The van der Waals surface area contributed by atoms with Crippen LogP contribution >= 0.6 is 0 Å². The monoisotopic (exact) mass is 706 g/mol. The van der Waals surface area contributed by atoms with E-state index in [0.29, 0.717) is 92.0 Å². The number of unbranched alkanes of at least 4 members (excludes halogenated alkanes) is 1. The number of carbonyl (C=O) groups is 2. The fourth-order valence-electron chi connectivity index (χ4n) is 6.26. The summed E-state index contributed by atoms with van der Waals surface area (Å²) in [6, 6.07) is 21.4. The summed E-state index contributed by atoms with van der Waals surface area (Å²) in [7, 11) is 2.73. The van der Waals surface area contributed by atoms with Gasteiger partial charge in [0.05, 0.1) is 84.0 Å². The molecular weight excluding hydrogens is 652 g/mol. The summed E-state index contributed by atoms with van der Waals surface area (Å²) in [6.45, 7) is 9.12. The maximum Gasteiger partial charge on any atom is 0.356 e. The molecule has 4 rings (SSSR count). The molecule has 278 valence electrons. The average Bonchev–Trinajstić information content (AvgIpc) is 3.17. The Kier molecular flexibility index (Phi) is 17.4. The van der Waals surface area contributed by atoms with Gasteiger partial charge in [-0.05, 0) is 42.7 Å². The van der Waals surface area contributed by atoms with E-state index in [2.05, 4.69) is 46.0 Å². The second kappa shape index (κ2) is 22.2. The number of hydrogen-bond donors (Lipinski definition) is 0. The highest BCUT2D eigenvalue weighted by Gasteiger charge is 2.40. The number of benzene rings is 1. The first kappa shape index (κ1) is 40.0.